The molecule has 0 spiro atoms. The van der Waals surface area contributed by atoms with Gasteiger partial charge in [0.05, 0.1) is 0 Å². The van der Waals surface area contributed by atoms with Crippen LogP contribution in [0.1, 0.15) is 167 Å². The zero-order chi connectivity index (χ0) is 27.1. The standard InChI is InChI=1S/C35H61NO2/c1-3-5-7-9-11-12-13-14-15-16-18-19-21-24-31-25-23-26-33(30-31)38-34(35(37)36-32-28-29-32)27-22-20-17-10-8-6-4-2/h23,25-26,30,32,34H,3-22,24,27-29H2,1-2H3,(H,36,37). The van der Waals surface area contributed by atoms with Crippen LogP contribution in [0.4, 0.5) is 0 Å². The van der Waals surface area contributed by atoms with Crippen LogP contribution in [-0.2, 0) is 11.2 Å². The lowest BCUT2D eigenvalue weighted by Crippen LogP contribution is -2.39. The van der Waals surface area contributed by atoms with Gasteiger partial charge in [0, 0.05) is 6.04 Å². The molecule has 3 nitrogen and oxygen atoms in total. The summed E-state index contributed by atoms with van der Waals surface area (Å²) in [4.78, 5) is 12.9. The average molecular weight is 528 g/mol. The molecule has 1 N–H and O–H groups in total. The Morgan fingerprint density at radius 3 is 1.76 bits per heavy atom. The number of aryl methyl sites for hydroxylation is 1. The minimum absolute atomic E-state index is 0.0837. The summed E-state index contributed by atoms with van der Waals surface area (Å²) in [6.07, 6.45) is 30.6. The number of unbranched alkanes of at least 4 members (excludes halogenated alkanes) is 18. The first-order chi connectivity index (χ1) is 18.7. The Morgan fingerprint density at radius 2 is 1.24 bits per heavy atom. The molecule has 1 aliphatic carbocycles. The second-order valence-corrected chi connectivity index (χ2v) is 11.9. The van der Waals surface area contributed by atoms with E-state index < -0.39 is 0 Å². The Balaban J connectivity index is 1.61. The first-order valence-electron chi connectivity index (χ1n) is 16.8. The summed E-state index contributed by atoms with van der Waals surface area (Å²) < 4.78 is 6.30. The number of rotatable bonds is 26. The van der Waals surface area contributed by atoms with Crippen molar-refractivity contribution in [1.82, 2.24) is 5.32 Å². The van der Waals surface area contributed by atoms with E-state index in [1.54, 1.807) is 0 Å². The molecule has 0 saturated heterocycles. The van der Waals surface area contributed by atoms with Crippen molar-refractivity contribution >= 4 is 5.91 Å². The second kappa shape index (κ2) is 22.3. The number of amides is 1. The molecular formula is C35H61NO2. The monoisotopic (exact) mass is 527 g/mol. The van der Waals surface area contributed by atoms with Crippen LogP contribution in [-0.4, -0.2) is 18.1 Å². The van der Waals surface area contributed by atoms with Gasteiger partial charge in [-0.2, -0.15) is 0 Å². The highest BCUT2D eigenvalue weighted by atomic mass is 16.5. The number of benzene rings is 1. The summed E-state index contributed by atoms with van der Waals surface area (Å²) in [5, 5.41) is 3.17. The summed E-state index contributed by atoms with van der Waals surface area (Å²) in [5.41, 5.74) is 1.34. The molecule has 0 aliphatic heterocycles. The lowest BCUT2D eigenvalue weighted by atomic mass is 10.0. The molecular weight excluding hydrogens is 466 g/mol. The molecule has 3 heteroatoms. The predicted molar refractivity (Wildman–Crippen MR) is 164 cm³/mol. The van der Waals surface area contributed by atoms with E-state index in [1.165, 1.54) is 128 Å². The topological polar surface area (TPSA) is 38.3 Å². The van der Waals surface area contributed by atoms with Gasteiger partial charge in [-0.15, -0.1) is 0 Å². The highest BCUT2D eigenvalue weighted by Gasteiger charge is 2.28. The van der Waals surface area contributed by atoms with E-state index in [0.29, 0.717) is 6.04 Å². The van der Waals surface area contributed by atoms with E-state index in [1.807, 2.05) is 6.07 Å². The van der Waals surface area contributed by atoms with E-state index in [0.717, 1.165) is 37.9 Å². The van der Waals surface area contributed by atoms with Crippen LogP contribution >= 0.6 is 0 Å². The minimum atomic E-state index is -0.363. The number of carbonyl (C=O) groups excluding carboxylic acids is 1. The molecule has 1 amide bonds. The smallest absolute Gasteiger partial charge is 0.261 e. The normalized spacial score (nSPS) is 13.9. The van der Waals surface area contributed by atoms with Crippen molar-refractivity contribution in [3.63, 3.8) is 0 Å². The highest BCUT2D eigenvalue weighted by Crippen LogP contribution is 2.23. The molecule has 2 rings (SSSR count). The molecule has 0 aromatic heterocycles. The van der Waals surface area contributed by atoms with Gasteiger partial charge in [-0.25, -0.2) is 0 Å². The van der Waals surface area contributed by atoms with E-state index in [4.69, 9.17) is 4.74 Å². The first kappa shape index (κ1) is 32.7. The van der Waals surface area contributed by atoms with E-state index >= 15 is 0 Å². The Morgan fingerprint density at radius 1 is 0.737 bits per heavy atom. The van der Waals surface area contributed by atoms with Crippen molar-refractivity contribution in [3.8, 4) is 5.75 Å². The number of carbonyl (C=O) groups is 1. The number of hydrogen-bond acceptors (Lipinski definition) is 2. The van der Waals surface area contributed by atoms with Crippen LogP contribution in [0.25, 0.3) is 0 Å². The van der Waals surface area contributed by atoms with Crippen molar-refractivity contribution in [1.29, 1.82) is 0 Å². The van der Waals surface area contributed by atoms with Gasteiger partial charge >= 0.3 is 0 Å². The van der Waals surface area contributed by atoms with Gasteiger partial charge in [-0.05, 0) is 56.2 Å². The molecule has 1 saturated carbocycles. The van der Waals surface area contributed by atoms with Gasteiger partial charge in [-0.3, -0.25) is 4.79 Å². The number of ether oxygens (including phenoxy) is 1. The fourth-order valence-electron chi connectivity index (χ4n) is 5.34. The quantitative estimate of drug-likeness (QED) is 0.122. The van der Waals surface area contributed by atoms with Crippen LogP contribution < -0.4 is 10.1 Å². The van der Waals surface area contributed by atoms with Crippen molar-refractivity contribution < 1.29 is 9.53 Å². The summed E-state index contributed by atoms with van der Waals surface area (Å²) in [6, 6.07) is 8.88. The molecule has 0 bridgehead atoms. The molecule has 0 heterocycles. The molecule has 1 atom stereocenters. The third kappa shape index (κ3) is 17.2. The van der Waals surface area contributed by atoms with E-state index in [2.05, 4.69) is 37.4 Å². The third-order valence-corrected chi connectivity index (χ3v) is 8.03. The second-order valence-electron chi connectivity index (χ2n) is 11.9. The van der Waals surface area contributed by atoms with Gasteiger partial charge in [0.15, 0.2) is 6.10 Å². The summed E-state index contributed by atoms with van der Waals surface area (Å²) in [5.74, 6) is 0.941. The molecule has 218 valence electrons. The van der Waals surface area contributed by atoms with Crippen molar-refractivity contribution in [2.45, 2.75) is 180 Å². The maximum atomic E-state index is 12.9. The Kier molecular flexibility index (Phi) is 19.2. The van der Waals surface area contributed by atoms with Gasteiger partial charge in [0.2, 0.25) is 0 Å². The van der Waals surface area contributed by atoms with Crippen LogP contribution in [0.3, 0.4) is 0 Å². The molecule has 38 heavy (non-hydrogen) atoms. The zero-order valence-electron chi connectivity index (χ0n) is 25.3. The van der Waals surface area contributed by atoms with Crippen LogP contribution in [0.2, 0.25) is 0 Å². The first-order valence-corrected chi connectivity index (χ1v) is 16.8. The largest absolute Gasteiger partial charge is 0.481 e. The third-order valence-electron chi connectivity index (χ3n) is 8.03. The summed E-state index contributed by atoms with van der Waals surface area (Å²) in [7, 11) is 0. The Hall–Kier alpha value is -1.51. The number of nitrogens with one attached hydrogen (secondary N) is 1. The van der Waals surface area contributed by atoms with Crippen molar-refractivity contribution in [3.05, 3.63) is 29.8 Å². The van der Waals surface area contributed by atoms with Crippen molar-refractivity contribution in [2.75, 3.05) is 0 Å². The molecule has 1 aromatic rings. The van der Waals surface area contributed by atoms with E-state index in [9.17, 15) is 4.79 Å². The SMILES string of the molecule is CCCCCCCCCCCCCCCc1cccc(OC(CCCCCCCCC)C(=O)NC2CC2)c1. The van der Waals surface area contributed by atoms with Crippen LogP contribution in [0, 0.1) is 0 Å². The molecule has 1 aliphatic rings. The maximum absolute atomic E-state index is 12.9. The van der Waals surface area contributed by atoms with Gasteiger partial charge < -0.3 is 10.1 Å². The maximum Gasteiger partial charge on any atom is 0.261 e. The minimum Gasteiger partial charge on any atom is -0.481 e. The lowest BCUT2D eigenvalue weighted by molar-refractivity contribution is -0.128. The molecule has 0 radical (unpaired) electrons. The van der Waals surface area contributed by atoms with Crippen molar-refractivity contribution in [2.24, 2.45) is 0 Å². The number of hydrogen-bond donors (Lipinski definition) is 1. The fourth-order valence-corrected chi connectivity index (χ4v) is 5.34. The van der Waals surface area contributed by atoms with Crippen LogP contribution in [0.15, 0.2) is 24.3 Å². The molecule has 1 fully saturated rings. The average Bonchev–Trinajstić information content (AvgIpc) is 3.74. The summed E-state index contributed by atoms with van der Waals surface area (Å²) >= 11 is 0. The molecule has 1 aromatic carbocycles. The van der Waals surface area contributed by atoms with Gasteiger partial charge in [0.25, 0.3) is 5.91 Å². The molecule has 1 unspecified atom stereocenters. The predicted octanol–water partition coefficient (Wildman–Crippen LogP) is 10.5. The Labute approximate surface area is 236 Å². The summed E-state index contributed by atoms with van der Waals surface area (Å²) in [6.45, 7) is 4.55. The van der Waals surface area contributed by atoms with E-state index in [-0.39, 0.29) is 12.0 Å². The van der Waals surface area contributed by atoms with Crippen LogP contribution in [0.5, 0.6) is 5.75 Å². The zero-order valence-corrected chi connectivity index (χ0v) is 25.3. The van der Waals surface area contributed by atoms with Gasteiger partial charge in [-0.1, -0.05) is 142 Å². The highest BCUT2D eigenvalue weighted by molar-refractivity contribution is 5.81. The van der Waals surface area contributed by atoms with Gasteiger partial charge in [0.1, 0.15) is 5.75 Å². The fraction of sp³-hybridized carbons (Fsp3) is 0.800. The Bertz CT molecular complexity index is 699. The lowest BCUT2D eigenvalue weighted by Gasteiger charge is -2.19.